The van der Waals surface area contributed by atoms with E-state index in [0.29, 0.717) is 12.3 Å². The first-order valence-electron chi connectivity index (χ1n) is 3.31. The molecule has 1 heterocycles. The van der Waals surface area contributed by atoms with E-state index in [-0.39, 0.29) is 0 Å². The number of carboxylic acid groups (broad SMARTS) is 1. The summed E-state index contributed by atoms with van der Waals surface area (Å²) in [5, 5.41) is 8.42. The Morgan fingerprint density at radius 3 is 2.77 bits per heavy atom. The van der Waals surface area contributed by atoms with Gasteiger partial charge in [0.05, 0.1) is 6.20 Å². The van der Waals surface area contributed by atoms with E-state index in [2.05, 4.69) is 4.98 Å². The van der Waals surface area contributed by atoms with Crippen LogP contribution in [-0.2, 0) is 4.79 Å². The lowest BCUT2D eigenvalue weighted by Crippen LogP contribution is -2.22. The van der Waals surface area contributed by atoms with Gasteiger partial charge in [0.25, 0.3) is 0 Å². The van der Waals surface area contributed by atoms with Gasteiger partial charge in [-0.2, -0.15) is 4.39 Å². The van der Waals surface area contributed by atoms with Gasteiger partial charge in [-0.25, -0.2) is 9.37 Å². The number of nitrogens with two attached hydrogens (primary N) is 1. The van der Waals surface area contributed by atoms with Crippen LogP contribution in [0.25, 0.3) is 0 Å². The van der Waals surface area contributed by atoms with Crippen molar-refractivity contribution in [3.8, 4) is 0 Å². The normalized spacial score (nSPS) is 12.5. The molecule has 0 aliphatic heterocycles. The minimum atomic E-state index is -1.57. The zero-order valence-electron chi connectivity index (χ0n) is 6.37. The molecule has 0 radical (unpaired) electrons. The van der Waals surface area contributed by atoms with Gasteiger partial charge in [-0.15, -0.1) is 0 Å². The van der Waals surface area contributed by atoms with Crippen LogP contribution in [-0.4, -0.2) is 16.1 Å². The number of rotatable bonds is 2. The minimum Gasteiger partial charge on any atom is -0.480 e. The Hall–Kier alpha value is -1.56. The molecule has 1 unspecified atom stereocenters. The van der Waals surface area contributed by atoms with Gasteiger partial charge in [0.1, 0.15) is 11.9 Å². The second kappa shape index (κ2) is 3.44. The van der Waals surface area contributed by atoms with Gasteiger partial charge in [0.15, 0.2) is 0 Å². The van der Waals surface area contributed by atoms with Crippen molar-refractivity contribution in [3.63, 3.8) is 0 Å². The topological polar surface area (TPSA) is 76.2 Å². The molecule has 0 bridgehead atoms. The van der Waals surface area contributed by atoms with Gasteiger partial charge in [-0.1, -0.05) is 0 Å². The summed E-state index contributed by atoms with van der Waals surface area (Å²) in [6.07, 6.45) is 0.591. The molecular formula is C7H6F2N2O2. The van der Waals surface area contributed by atoms with Crippen molar-refractivity contribution in [1.82, 2.24) is 4.98 Å². The lowest BCUT2D eigenvalue weighted by atomic mass is 10.1. The van der Waals surface area contributed by atoms with Gasteiger partial charge < -0.3 is 10.8 Å². The molecule has 0 aliphatic carbocycles. The van der Waals surface area contributed by atoms with E-state index in [4.69, 9.17) is 10.8 Å². The average Bonchev–Trinajstić information content (AvgIpc) is 2.08. The summed E-state index contributed by atoms with van der Waals surface area (Å²) in [7, 11) is 0. The Morgan fingerprint density at radius 1 is 1.62 bits per heavy atom. The van der Waals surface area contributed by atoms with E-state index < -0.39 is 29.3 Å². The SMILES string of the molecule is NC(C(=O)O)c1cc(F)ncc1F. The van der Waals surface area contributed by atoms with E-state index in [0.717, 1.165) is 0 Å². The zero-order valence-corrected chi connectivity index (χ0v) is 6.37. The van der Waals surface area contributed by atoms with Gasteiger partial charge in [0, 0.05) is 11.6 Å². The molecule has 1 atom stereocenters. The van der Waals surface area contributed by atoms with Crippen molar-refractivity contribution in [2.75, 3.05) is 0 Å². The Kier molecular flexibility index (Phi) is 2.52. The third kappa shape index (κ3) is 1.97. The molecule has 0 spiro atoms. The standard InChI is InChI=1S/C7H6F2N2O2/c8-4-2-11-5(9)1-3(4)6(10)7(12)13/h1-2,6H,10H2,(H,12,13). The van der Waals surface area contributed by atoms with E-state index in [1.165, 1.54) is 0 Å². The summed E-state index contributed by atoms with van der Waals surface area (Å²) in [6, 6.07) is -0.911. The first-order chi connectivity index (χ1) is 6.02. The second-order valence-corrected chi connectivity index (χ2v) is 2.34. The highest BCUT2D eigenvalue weighted by molar-refractivity contribution is 5.75. The molecule has 4 nitrogen and oxygen atoms in total. The van der Waals surface area contributed by atoms with Crippen LogP contribution in [0.4, 0.5) is 8.78 Å². The molecule has 1 aromatic heterocycles. The number of hydrogen-bond acceptors (Lipinski definition) is 3. The predicted molar refractivity (Wildman–Crippen MR) is 38.7 cm³/mol. The summed E-state index contributed by atoms with van der Waals surface area (Å²) in [6.45, 7) is 0. The lowest BCUT2D eigenvalue weighted by Gasteiger charge is -2.06. The average molecular weight is 188 g/mol. The predicted octanol–water partition coefficient (Wildman–Crippen LogP) is 0.444. The van der Waals surface area contributed by atoms with E-state index in [9.17, 15) is 13.6 Å². The van der Waals surface area contributed by atoms with Crippen LogP contribution in [0, 0.1) is 11.8 Å². The van der Waals surface area contributed by atoms with Crippen molar-refractivity contribution in [2.24, 2.45) is 5.73 Å². The van der Waals surface area contributed by atoms with Crippen molar-refractivity contribution in [2.45, 2.75) is 6.04 Å². The maximum absolute atomic E-state index is 12.8. The fourth-order valence-corrected chi connectivity index (χ4v) is 0.799. The third-order valence-electron chi connectivity index (χ3n) is 1.45. The molecule has 0 saturated carbocycles. The molecule has 3 N–H and O–H groups in total. The van der Waals surface area contributed by atoms with Crippen LogP contribution in [0.3, 0.4) is 0 Å². The largest absolute Gasteiger partial charge is 0.480 e. The van der Waals surface area contributed by atoms with Crippen LogP contribution >= 0.6 is 0 Å². The number of nitrogens with zero attached hydrogens (tertiary/aromatic N) is 1. The molecule has 70 valence electrons. The first-order valence-corrected chi connectivity index (χ1v) is 3.31. The zero-order chi connectivity index (χ0) is 10.0. The number of halogens is 2. The summed E-state index contributed by atoms with van der Waals surface area (Å²) in [4.78, 5) is 13.3. The van der Waals surface area contributed by atoms with Gasteiger partial charge in [0.2, 0.25) is 5.95 Å². The van der Waals surface area contributed by atoms with E-state index in [1.54, 1.807) is 0 Å². The number of carbonyl (C=O) groups is 1. The van der Waals surface area contributed by atoms with Gasteiger partial charge in [-0.3, -0.25) is 4.79 Å². The molecule has 6 heteroatoms. The Morgan fingerprint density at radius 2 is 2.23 bits per heavy atom. The highest BCUT2D eigenvalue weighted by Gasteiger charge is 2.19. The highest BCUT2D eigenvalue weighted by atomic mass is 19.1. The van der Waals surface area contributed by atoms with Crippen molar-refractivity contribution < 1.29 is 18.7 Å². The number of aromatic nitrogens is 1. The maximum Gasteiger partial charge on any atom is 0.325 e. The fraction of sp³-hybridized carbons (Fsp3) is 0.143. The van der Waals surface area contributed by atoms with Crippen LogP contribution in [0.15, 0.2) is 12.3 Å². The quantitative estimate of drug-likeness (QED) is 0.660. The Labute approximate surface area is 72.0 Å². The fourth-order valence-electron chi connectivity index (χ4n) is 0.799. The van der Waals surface area contributed by atoms with E-state index >= 15 is 0 Å². The van der Waals surface area contributed by atoms with Crippen LogP contribution in [0.5, 0.6) is 0 Å². The summed E-state index contributed by atoms with van der Waals surface area (Å²) >= 11 is 0. The summed E-state index contributed by atoms with van der Waals surface area (Å²) in [5.41, 5.74) is 4.66. The monoisotopic (exact) mass is 188 g/mol. The highest BCUT2D eigenvalue weighted by Crippen LogP contribution is 2.14. The van der Waals surface area contributed by atoms with Gasteiger partial charge in [-0.05, 0) is 0 Å². The molecule has 0 aromatic carbocycles. The number of hydrogen-bond donors (Lipinski definition) is 2. The van der Waals surface area contributed by atoms with Crippen molar-refractivity contribution >= 4 is 5.97 Å². The molecule has 1 aromatic rings. The second-order valence-electron chi connectivity index (χ2n) is 2.34. The van der Waals surface area contributed by atoms with Crippen molar-refractivity contribution in [1.29, 1.82) is 0 Å². The van der Waals surface area contributed by atoms with Crippen LogP contribution in [0.2, 0.25) is 0 Å². The van der Waals surface area contributed by atoms with Crippen molar-refractivity contribution in [3.05, 3.63) is 29.6 Å². The summed E-state index contributed by atoms with van der Waals surface area (Å²) < 4.78 is 25.3. The summed E-state index contributed by atoms with van der Waals surface area (Å²) in [5.74, 6) is -3.33. The molecule has 1 rings (SSSR count). The van der Waals surface area contributed by atoms with E-state index in [1.807, 2.05) is 0 Å². The maximum atomic E-state index is 12.8. The third-order valence-corrected chi connectivity index (χ3v) is 1.45. The Bertz CT molecular complexity index is 343. The molecular weight excluding hydrogens is 182 g/mol. The lowest BCUT2D eigenvalue weighted by molar-refractivity contribution is -0.138. The molecule has 0 aliphatic rings. The molecule has 0 fully saturated rings. The smallest absolute Gasteiger partial charge is 0.325 e. The molecule has 0 saturated heterocycles. The minimum absolute atomic E-state index is 0.417. The number of carboxylic acids is 1. The van der Waals surface area contributed by atoms with Gasteiger partial charge >= 0.3 is 5.97 Å². The number of aliphatic carboxylic acids is 1. The molecule has 0 amide bonds. The van der Waals surface area contributed by atoms with Crippen LogP contribution < -0.4 is 5.73 Å². The Balaban J connectivity index is 3.12. The molecule has 13 heavy (non-hydrogen) atoms. The van der Waals surface area contributed by atoms with Crippen LogP contribution in [0.1, 0.15) is 11.6 Å². The number of pyridine rings is 1. The first kappa shape index (κ1) is 9.53.